The van der Waals surface area contributed by atoms with Crippen molar-refractivity contribution < 1.29 is 13.9 Å². The Morgan fingerprint density at radius 1 is 1.28 bits per heavy atom. The molecule has 0 fully saturated rings. The summed E-state index contributed by atoms with van der Waals surface area (Å²) in [5, 5.41) is 3.72. The lowest BCUT2D eigenvalue weighted by Gasteiger charge is -2.07. The summed E-state index contributed by atoms with van der Waals surface area (Å²) in [6, 6.07) is 10.9. The van der Waals surface area contributed by atoms with Gasteiger partial charge in [0.25, 0.3) is 5.91 Å². The summed E-state index contributed by atoms with van der Waals surface area (Å²) in [6.45, 7) is 0. The Bertz CT molecular complexity index is 1040. The minimum Gasteiger partial charge on any atom is -0.497 e. The van der Waals surface area contributed by atoms with Gasteiger partial charge in [-0.15, -0.1) is 0 Å². The van der Waals surface area contributed by atoms with Gasteiger partial charge in [0.15, 0.2) is 0 Å². The van der Waals surface area contributed by atoms with Crippen LogP contribution in [-0.2, 0) is 0 Å². The molecule has 4 rings (SSSR count). The number of carbonyl (C=O) groups is 1. The summed E-state index contributed by atoms with van der Waals surface area (Å²) in [5.74, 6) is 0.446. The molecule has 3 heterocycles. The molecule has 124 valence electrons. The van der Waals surface area contributed by atoms with Crippen molar-refractivity contribution in [3.8, 4) is 16.9 Å². The molecule has 0 bridgehead atoms. The maximum atomic E-state index is 12.6. The van der Waals surface area contributed by atoms with Crippen molar-refractivity contribution >= 4 is 22.6 Å². The number of hydrogen-bond acceptors (Lipinski definition) is 4. The Hall–Kier alpha value is -3.54. The van der Waals surface area contributed by atoms with Crippen LogP contribution in [0.5, 0.6) is 5.75 Å². The second-order valence-corrected chi connectivity index (χ2v) is 5.52. The highest BCUT2D eigenvalue weighted by Gasteiger charge is 2.13. The first-order valence-corrected chi connectivity index (χ1v) is 7.70. The summed E-state index contributed by atoms with van der Waals surface area (Å²) >= 11 is 0. The van der Waals surface area contributed by atoms with Crippen LogP contribution in [0.25, 0.3) is 22.2 Å². The number of methoxy groups -OCH3 is 1. The van der Waals surface area contributed by atoms with Gasteiger partial charge < -0.3 is 19.5 Å². The molecule has 0 aliphatic rings. The summed E-state index contributed by atoms with van der Waals surface area (Å²) in [4.78, 5) is 20.0. The highest BCUT2D eigenvalue weighted by Crippen LogP contribution is 2.28. The number of hydrogen-bond donors (Lipinski definition) is 2. The fraction of sp³-hybridized carbons (Fsp3) is 0.0526. The van der Waals surface area contributed by atoms with Crippen molar-refractivity contribution in [2.24, 2.45) is 0 Å². The number of furan rings is 1. The minimum atomic E-state index is -0.234. The number of fused-ring (bicyclic) bond motifs is 1. The monoisotopic (exact) mass is 333 g/mol. The van der Waals surface area contributed by atoms with Gasteiger partial charge in [-0.3, -0.25) is 4.79 Å². The molecular weight excluding hydrogens is 318 g/mol. The maximum Gasteiger partial charge on any atom is 0.257 e. The first kappa shape index (κ1) is 15.0. The van der Waals surface area contributed by atoms with Crippen LogP contribution in [0.4, 0.5) is 5.69 Å². The van der Waals surface area contributed by atoms with E-state index in [1.165, 1.54) is 0 Å². The average Bonchev–Trinajstić information content (AvgIpc) is 3.30. The van der Waals surface area contributed by atoms with Gasteiger partial charge in [0.1, 0.15) is 11.4 Å². The summed E-state index contributed by atoms with van der Waals surface area (Å²) in [6.07, 6.45) is 6.67. The van der Waals surface area contributed by atoms with Crippen LogP contribution in [-0.4, -0.2) is 23.0 Å². The number of carbonyl (C=O) groups excluding carboxylic acids is 1. The zero-order valence-electron chi connectivity index (χ0n) is 13.4. The lowest BCUT2D eigenvalue weighted by atomic mass is 10.1. The number of rotatable bonds is 4. The van der Waals surface area contributed by atoms with E-state index in [4.69, 9.17) is 9.15 Å². The van der Waals surface area contributed by atoms with E-state index in [-0.39, 0.29) is 5.91 Å². The molecule has 0 saturated heterocycles. The largest absolute Gasteiger partial charge is 0.497 e. The van der Waals surface area contributed by atoms with Crippen LogP contribution < -0.4 is 10.1 Å². The lowest BCUT2D eigenvalue weighted by Crippen LogP contribution is -2.12. The van der Waals surface area contributed by atoms with Crippen molar-refractivity contribution in [2.75, 3.05) is 12.4 Å². The number of aromatic amines is 1. The van der Waals surface area contributed by atoms with Crippen molar-refractivity contribution in [3.05, 3.63) is 66.9 Å². The molecule has 0 spiro atoms. The molecule has 4 aromatic rings. The SMILES string of the molecule is COc1cccc(NC(=O)c2cnc3[nH]cc(-c4ccoc4)c3c2)c1. The third kappa shape index (κ3) is 2.85. The van der Waals surface area contributed by atoms with Crippen LogP contribution in [0.1, 0.15) is 10.4 Å². The third-order valence-electron chi connectivity index (χ3n) is 3.95. The van der Waals surface area contributed by atoms with Gasteiger partial charge in [0, 0.05) is 40.7 Å². The van der Waals surface area contributed by atoms with Crippen molar-refractivity contribution in [1.82, 2.24) is 9.97 Å². The number of anilines is 1. The molecule has 0 radical (unpaired) electrons. The van der Waals surface area contributed by atoms with Crippen LogP contribution >= 0.6 is 0 Å². The summed E-state index contributed by atoms with van der Waals surface area (Å²) in [5.41, 5.74) is 3.72. The first-order chi connectivity index (χ1) is 12.2. The molecule has 6 heteroatoms. The van der Waals surface area contributed by atoms with E-state index >= 15 is 0 Å². The highest BCUT2D eigenvalue weighted by molar-refractivity contribution is 6.07. The molecule has 0 saturated carbocycles. The van der Waals surface area contributed by atoms with Gasteiger partial charge in [-0.1, -0.05) is 6.07 Å². The average molecular weight is 333 g/mol. The van der Waals surface area contributed by atoms with Crippen LogP contribution in [0, 0.1) is 0 Å². The van der Waals surface area contributed by atoms with E-state index in [1.54, 1.807) is 38.0 Å². The molecule has 0 aliphatic heterocycles. The molecular formula is C19H15N3O3. The van der Waals surface area contributed by atoms with Gasteiger partial charge in [-0.2, -0.15) is 0 Å². The van der Waals surface area contributed by atoms with Gasteiger partial charge >= 0.3 is 0 Å². The molecule has 0 aliphatic carbocycles. The standard InChI is InChI=1S/C19H15N3O3/c1-24-15-4-2-3-14(8-15)22-19(23)13-7-16-17(12-5-6-25-11-12)10-21-18(16)20-9-13/h2-11H,1H3,(H,20,21)(H,22,23). The fourth-order valence-corrected chi connectivity index (χ4v) is 2.69. The normalized spacial score (nSPS) is 10.8. The third-order valence-corrected chi connectivity index (χ3v) is 3.95. The van der Waals surface area contributed by atoms with Gasteiger partial charge in [-0.25, -0.2) is 4.98 Å². The number of nitrogens with one attached hydrogen (secondary N) is 2. The molecule has 1 aromatic carbocycles. The predicted molar refractivity (Wildman–Crippen MR) is 94.7 cm³/mol. The minimum absolute atomic E-state index is 0.234. The van der Waals surface area contributed by atoms with Crippen molar-refractivity contribution in [2.45, 2.75) is 0 Å². The smallest absolute Gasteiger partial charge is 0.257 e. The number of nitrogens with zero attached hydrogens (tertiary/aromatic N) is 1. The maximum absolute atomic E-state index is 12.6. The molecule has 0 atom stereocenters. The van der Waals surface area contributed by atoms with Gasteiger partial charge in [0.2, 0.25) is 0 Å². The molecule has 0 unspecified atom stereocenters. The Morgan fingerprint density at radius 2 is 2.20 bits per heavy atom. The fourth-order valence-electron chi connectivity index (χ4n) is 2.69. The Kier molecular flexibility index (Phi) is 3.70. The van der Waals surface area contributed by atoms with Gasteiger partial charge in [-0.05, 0) is 24.3 Å². The van der Waals surface area contributed by atoms with E-state index in [2.05, 4.69) is 15.3 Å². The zero-order valence-corrected chi connectivity index (χ0v) is 13.4. The number of benzene rings is 1. The zero-order chi connectivity index (χ0) is 17.2. The molecule has 3 aromatic heterocycles. The molecule has 25 heavy (non-hydrogen) atoms. The van der Waals surface area contributed by atoms with Crippen LogP contribution in [0.2, 0.25) is 0 Å². The predicted octanol–water partition coefficient (Wildman–Crippen LogP) is 4.08. The summed E-state index contributed by atoms with van der Waals surface area (Å²) < 4.78 is 10.3. The number of aromatic nitrogens is 2. The van der Waals surface area contributed by atoms with E-state index in [1.807, 2.05) is 30.5 Å². The van der Waals surface area contributed by atoms with Crippen LogP contribution in [0.15, 0.2) is 65.7 Å². The van der Waals surface area contributed by atoms with Crippen LogP contribution in [0.3, 0.4) is 0 Å². The Morgan fingerprint density at radius 3 is 3.00 bits per heavy atom. The van der Waals surface area contributed by atoms with E-state index in [0.717, 1.165) is 16.5 Å². The van der Waals surface area contributed by atoms with Crippen molar-refractivity contribution in [1.29, 1.82) is 0 Å². The van der Waals surface area contributed by atoms with E-state index in [9.17, 15) is 4.79 Å². The van der Waals surface area contributed by atoms with E-state index in [0.29, 0.717) is 22.6 Å². The first-order valence-electron chi connectivity index (χ1n) is 7.70. The number of amides is 1. The number of H-pyrrole nitrogens is 1. The number of pyridine rings is 1. The summed E-state index contributed by atoms with van der Waals surface area (Å²) in [7, 11) is 1.59. The molecule has 6 nitrogen and oxygen atoms in total. The Labute approximate surface area is 143 Å². The topological polar surface area (TPSA) is 80.1 Å². The second kappa shape index (κ2) is 6.16. The molecule has 2 N–H and O–H groups in total. The molecule has 1 amide bonds. The van der Waals surface area contributed by atoms with Crippen molar-refractivity contribution in [3.63, 3.8) is 0 Å². The Balaban J connectivity index is 1.66. The van der Waals surface area contributed by atoms with Gasteiger partial charge in [0.05, 0.1) is 25.2 Å². The lowest BCUT2D eigenvalue weighted by molar-refractivity contribution is 0.102. The number of ether oxygens (including phenoxy) is 1. The van der Waals surface area contributed by atoms with E-state index < -0.39 is 0 Å². The second-order valence-electron chi connectivity index (χ2n) is 5.52. The highest BCUT2D eigenvalue weighted by atomic mass is 16.5. The quantitative estimate of drug-likeness (QED) is 0.589.